The molecule has 0 saturated heterocycles. The Balaban J connectivity index is 1.94. The number of anilines is 1. The lowest BCUT2D eigenvalue weighted by Gasteiger charge is -2.33. The number of methoxy groups -OCH3 is 1. The minimum atomic E-state index is -4.74. The second kappa shape index (κ2) is 9.37. The van der Waals surface area contributed by atoms with Gasteiger partial charge < -0.3 is 14.9 Å². The van der Waals surface area contributed by atoms with Gasteiger partial charge in [0.15, 0.2) is 5.69 Å². The van der Waals surface area contributed by atoms with E-state index >= 15 is 0 Å². The van der Waals surface area contributed by atoms with E-state index in [0.29, 0.717) is 10.8 Å². The van der Waals surface area contributed by atoms with Crippen molar-refractivity contribution in [1.82, 2.24) is 14.8 Å². The minimum Gasteiger partial charge on any atom is -0.495 e. The summed E-state index contributed by atoms with van der Waals surface area (Å²) in [7, 11) is 1.41. The number of hydroxylamine groups is 2. The summed E-state index contributed by atoms with van der Waals surface area (Å²) in [6.07, 6.45) is -4.37. The molecule has 3 rings (SSSR count). The van der Waals surface area contributed by atoms with Gasteiger partial charge in [0.25, 0.3) is 0 Å². The number of hydrogen-bond acceptors (Lipinski definition) is 6. The van der Waals surface area contributed by atoms with Crippen LogP contribution in [-0.2, 0) is 33.6 Å². The Morgan fingerprint density at radius 1 is 1.34 bits per heavy atom. The summed E-state index contributed by atoms with van der Waals surface area (Å²) in [6, 6.07) is 3.78. The number of aromatic nitrogens is 2. The second-order valence-electron chi connectivity index (χ2n) is 7.15. The summed E-state index contributed by atoms with van der Waals surface area (Å²) in [5, 5.41) is 7.91. The first-order valence-corrected chi connectivity index (χ1v) is 10.2. The zero-order valence-electron chi connectivity index (χ0n) is 17.6. The van der Waals surface area contributed by atoms with Gasteiger partial charge >= 0.3 is 12.1 Å². The topological polar surface area (TPSA) is 85.7 Å². The molecule has 1 amide bonds. The Hall–Kier alpha value is -2.79. The molecule has 0 bridgehead atoms. The van der Waals surface area contributed by atoms with Crippen molar-refractivity contribution in [3.8, 4) is 5.75 Å². The van der Waals surface area contributed by atoms with Gasteiger partial charge in [-0.2, -0.15) is 18.3 Å². The first kappa shape index (κ1) is 23.9. The zero-order chi connectivity index (χ0) is 23.6. The molecular weight excluding hydrogens is 453 g/mol. The van der Waals surface area contributed by atoms with Gasteiger partial charge in [0.2, 0.25) is 5.91 Å². The number of carbonyl (C=O) groups excluding carboxylic acids is 2. The molecule has 1 N–H and O–H groups in total. The van der Waals surface area contributed by atoms with Gasteiger partial charge in [-0.3, -0.25) is 14.3 Å². The molecule has 2 aromatic rings. The molecule has 32 heavy (non-hydrogen) atoms. The Morgan fingerprint density at radius 2 is 2.06 bits per heavy atom. The van der Waals surface area contributed by atoms with E-state index in [1.807, 2.05) is 0 Å². The van der Waals surface area contributed by atoms with Crippen molar-refractivity contribution < 1.29 is 32.3 Å². The number of fused-ring (bicyclic) bond motifs is 1. The lowest BCUT2D eigenvalue weighted by atomic mass is 9.95. The summed E-state index contributed by atoms with van der Waals surface area (Å²) in [5.41, 5.74) is -0.611. The SMILES string of the molecule is CCC1c2c(C(F)(F)F)nn(CC(=O)Nc3cc(Cl)ccc3OC)c2CCN1OC(C)=O. The smallest absolute Gasteiger partial charge is 0.435 e. The number of hydrogen-bond donors (Lipinski definition) is 1. The molecule has 0 saturated carbocycles. The number of rotatable bonds is 6. The molecule has 1 aromatic carbocycles. The third-order valence-corrected chi connectivity index (χ3v) is 5.21. The highest BCUT2D eigenvalue weighted by Crippen LogP contribution is 2.41. The van der Waals surface area contributed by atoms with Gasteiger partial charge in [-0.25, -0.2) is 0 Å². The molecule has 1 unspecified atom stereocenters. The van der Waals surface area contributed by atoms with Crippen molar-refractivity contribution in [2.45, 2.75) is 45.5 Å². The number of nitrogens with zero attached hydrogens (tertiary/aromatic N) is 3. The molecule has 0 spiro atoms. The standard InChI is InChI=1S/C20H22ClF3N4O4/c1-4-14-18-15(7-8-28(14)32-11(2)29)27(26-19(18)20(22,23)24)10-17(30)25-13-9-12(21)5-6-16(13)31-3/h5-6,9,14H,4,7-8,10H2,1-3H3,(H,25,30). The number of ether oxygens (including phenoxy) is 1. The van der Waals surface area contributed by atoms with Gasteiger partial charge in [0.05, 0.1) is 18.8 Å². The van der Waals surface area contributed by atoms with Crippen LogP contribution < -0.4 is 10.1 Å². The maximum Gasteiger partial charge on any atom is 0.435 e. The van der Waals surface area contributed by atoms with Crippen LogP contribution in [0.25, 0.3) is 0 Å². The Bertz CT molecular complexity index is 1030. The highest BCUT2D eigenvalue weighted by atomic mass is 35.5. The number of alkyl halides is 3. The molecule has 0 aliphatic carbocycles. The van der Waals surface area contributed by atoms with E-state index in [1.54, 1.807) is 19.1 Å². The lowest BCUT2D eigenvalue weighted by molar-refractivity contribution is -0.204. The average Bonchev–Trinajstić information content (AvgIpc) is 3.06. The van der Waals surface area contributed by atoms with Crippen LogP contribution >= 0.6 is 11.6 Å². The van der Waals surface area contributed by atoms with Crippen LogP contribution in [-0.4, -0.2) is 40.4 Å². The maximum absolute atomic E-state index is 13.8. The van der Waals surface area contributed by atoms with E-state index in [-0.39, 0.29) is 36.3 Å². The van der Waals surface area contributed by atoms with Gasteiger partial charge in [-0.15, -0.1) is 5.06 Å². The Kier molecular flexibility index (Phi) is 6.99. The van der Waals surface area contributed by atoms with Gasteiger partial charge in [-0.05, 0) is 24.6 Å². The van der Waals surface area contributed by atoms with Crippen LogP contribution in [0.2, 0.25) is 5.02 Å². The van der Waals surface area contributed by atoms with E-state index < -0.39 is 36.3 Å². The predicted octanol–water partition coefficient (Wildman–Crippen LogP) is 3.99. The predicted molar refractivity (Wildman–Crippen MR) is 109 cm³/mol. The number of carbonyl (C=O) groups is 2. The number of benzene rings is 1. The Labute approximate surface area is 187 Å². The maximum atomic E-state index is 13.8. The van der Waals surface area contributed by atoms with Crippen molar-refractivity contribution in [3.05, 3.63) is 40.2 Å². The third-order valence-electron chi connectivity index (χ3n) is 4.98. The van der Waals surface area contributed by atoms with Crippen LogP contribution in [0.4, 0.5) is 18.9 Å². The normalized spacial score (nSPS) is 16.4. The quantitative estimate of drug-likeness (QED) is 0.681. The molecular formula is C20H22ClF3N4O4. The van der Waals surface area contributed by atoms with E-state index in [0.717, 1.165) is 4.68 Å². The van der Waals surface area contributed by atoms with E-state index in [1.165, 1.54) is 25.2 Å². The van der Waals surface area contributed by atoms with Gasteiger partial charge in [-0.1, -0.05) is 18.5 Å². The lowest BCUT2D eigenvalue weighted by Crippen LogP contribution is -2.38. The number of nitrogens with one attached hydrogen (secondary N) is 1. The monoisotopic (exact) mass is 474 g/mol. The first-order valence-electron chi connectivity index (χ1n) is 9.80. The van der Waals surface area contributed by atoms with Crippen LogP contribution in [0.15, 0.2) is 18.2 Å². The summed E-state index contributed by atoms with van der Waals surface area (Å²) < 4.78 is 47.6. The fourth-order valence-corrected chi connectivity index (χ4v) is 3.94. The molecule has 1 aliphatic heterocycles. The molecule has 1 aromatic heterocycles. The highest BCUT2D eigenvalue weighted by molar-refractivity contribution is 6.31. The third kappa shape index (κ3) is 4.99. The zero-order valence-corrected chi connectivity index (χ0v) is 18.4. The van der Waals surface area contributed by atoms with Crippen molar-refractivity contribution in [2.75, 3.05) is 19.0 Å². The minimum absolute atomic E-state index is 0.0827. The van der Waals surface area contributed by atoms with Crippen molar-refractivity contribution >= 4 is 29.2 Å². The van der Waals surface area contributed by atoms with Crippen molar-refractivity contribution in [3.63, 3.8) is 0 Å². The fraction of sp³-hybridized carbons (Fsp3) is 0.450. The summed E-state index contributed by atoms with van der Waals surface area (Å²) in [5.74, 6) is -0.868. The summed E-state index contributed by atoms with van der Waals surface area (Å²) >= 11 is 5.96. The average molecular weight is 475 g/mol. The number of halogens is 4. The molecule has 1 atom stereocenters. The highest BCUT2D eigenvalue weighted by Gasteiger charge is 2.44. The van der Waals surface area contributed by atoms with Crippen LogP contribution in [0.3, 0.4) is 0 Å². The molecule has 1 aliphatic rings. The van der Waals surface area contributed by atoms with E-state index in [2.05, 4.69) is 10.4 Å². The summed E-state index contributed by atoms with van der Waals surface area (Å²) in [4.78, 5) is 29.1. The van der Waals surface area contributed by atoms with E-state index in [9.17, 15) is 22.8 Å². The van der Waals surface area contributed by atoms with Crippen molar-refractivity contribution in [1.29, 1.82) is 0 Å². The van der Waals surface area contributed by atoms with Crippen LogP contribution in [0.1, 0.15) is 43.3 Å². The van der Waals surface area contributed by atoms with Crippen LogP contribution in [0, 0.1) is 0 Å². The molecule has 174 valence electrons. The van der Waals surface area contributed by atoms with E-state index in [4.69, 9.17) is 21.2 Å². The Morgan fingerprint density at radius 3 is 2.66 bits per heavy atom. The van der Waals surface area contributed by atoms with Crippen LogP contribution in [0.5, 0.6) is 5.75 Å². The first-order chi connectivity index (χ1) is 15.0. The summed E-state index contributed by atoms with van der Waals surface area (Å²) in [6.45, 7) is 2.60. The second-order valence-corrected chi connectivity index (χ2v) is 7.59. The molecule has 8 nitrogen and oxygen atoms in total. The molecule has 0 fully saturated rings. The fourth-order valence-electron chi connectivity index (χ4n) is 3.77. The molecule has 2 heterocycles. The molecule has 12 heteroatoms. The number of amides is 1. The van der Waals surface area contributed by atoms with Crippen molar-refractivity contribution in [2.24, 2.45) is 0 Å². The van der Waals surface area contributed by atoms with Gasteiger partial charge in [0.1, 0.15) is 12.3 Å². The largest absolute Gasteiger partial charge is 0.495 e. The van der Waals surface area contributed by atoms with Gasteiger partial charge in [0, 0.05) is 36.2 Å². The molecule has 0 radical (unpaired) electrons.